The van der Waals surface area contributed by atoms with E-state index in [-0.39, 0.29) is 0 Å². The minimum atomic E-state index is 0.977. The summed E-state index contributed by atoms with van der Waals surface area (Å²) in [5.74, 6) is 0. The van der Waals surface area contributed by atoms with Crippen LogP contribution in [0, 0.1) is 0 Å². The smallest absolute Gasteiger partial charge is 0.0725 e. The fourth-order valence-electron chi connectivity index (χ4n) is 7.66. The van der Waals surface area contributed by atoms with Gasteiger partial charge in [0.25, 0.3) is 0 Å². The molecule has 4 heteroatoms. The Balaban J connectivity index is 1.85. The maximum atomic E-state index is 5.37. The Morgan fingerprint density at radius 2 is 1.05 bits per heavy atom. The molecule has 0 saturated carbocycles. The van der Waals surface area contributed by atoms with Gasteiger partial charge in [0, 0.05) is 27.6 Å². The van der Waals surface area contributed by atoms with Crippen molar-refractivity contribution in [3.05, 3.63) is 68.8 Å². The predicted molar refractivity (Wildman–Crippen MR) is 171 cm³/mol. The zero-order chi connectivity index (χ0) is 28.1. The molecule has 2 N–H and O–H groups in total. The highest BCUT2D eigenvalue weighted by Crippen LogP contribution is 2.44. The average molecular weight is 533 g/mol. The fraction of sp³-hybridized carbons (Fsp3) is 0.444. The number of allylic oxidation sites excluding steroid dienone is 4. The molecule has 3 aromatic heterocycles. The van der Waals surface area contributed by atoms with Crippen LogP contribution >= 0.6 is 0 Å². The van der Waals surface area contributed by atoms with E-state index in [0.717, 1.165) is 74.9 Å². The van der Waals surface area contributed by atoms with Crippen LogP contribution in [0.1, 0.15) is 125 Å². The van der Waals surface area contributed by atoms with Gasteiger partial charge in [-0.15, -0.1) is 0 Å². The summed E-state index contributed by atoms with van der Waals surface area (Å²) in [7, 11) is 0. The molecule has 0 aromatic carbocycles. The Hall–Kier alpha value is -3.40. The van der Waals surface area contributed by atoms with E-state index in [1.54, 1.807) is 0 Å². The SMILES string of the molecule is CCC1=C(CC)c2cc3[nH]c(cc4[nH]c(c5c6nc(cc1n2)C(CC)=C6CC5)c(CC)c4CC)c(CC)c3CC. The van der Waals surface area contributed by atoms with E-state index in [0.29, 0.717) is 0 Å². The maximum absolute atomic E-state index is 5.37. The van der Waals surface area contributed by atoms with Crippen LogP contribution in [0.15, 0.2) is 18.2 Å². The summed E-state index contributed by atoms with van der Waals surface area (Å²) < 4.78 is 0. The number of H-pyrrole nitrogens is 2. The summed E-state index contributed by atoms with van der Waals surface area (Å²) in [6, 6.07) is 7.00. The van der Waals surface area contributed by atoms with Gasteiger partial charge in [0.2, 0.25) is 0 Å². The van der Waals surface area contributed by atoms with E-state index < -0.39 is 0 Å². The van der Waals surface area contributed by atoms with Crippen molar-refractivity contribution in [1.29, 1.82) is 0 Å². The number of fused-ring (bicyclic) bond motifs is 8. The number of aryl methyl sites for hydroxylation is 5. The molecule has 0 spiro atoms. The van der Waals surface area contributed by atoms with Crippen molar-refractivity contribution in [2.75, 3.05) is 0 Å². The second-order valence-electron chi connectivity index (χ2n) is 11.3. The number of nitrogens with one attached hydrogen (secondary N) is 2. The van der Waals surface area contributed by atoms with Gasteiger partial charge in [-0.1, -0.05) is 48.5 Å². The van der Waals surface area contributed by atoms with Crippen molar-refractivity contribution < 1.29 is 0 Å². The predicted octanol–water partition coefficient (Wildman–Crippen LogP) is 9.56. The highest BCUT2D eigenvalue weighted by Gasteiger charge is 2.29. The third kappa shape index (κ3) is 3.94. The minimum Gasteiger partial charge on any atom is -0.355 e. The lowest BCUT2D eigenvalue weighted by molar-refractivity contribution is 1.05. The molecule has 0 fully saturated rings. The second-order valence-corrected chi connectivity index (χ2v) is 11.3. The van der Waals surface area contributed by atoms with Crippen molar-refractivity contribution in [2.45, 2.75) is 106 Å². The van der Waals surface area contributed by atoms with Crippen molar-refractivity contribution >= 4 is 44.4 Å². The first-order valence-corrected chi connectivity index (χ1v) is 15.8. The standard InChI is InChI=1S/C36H44N4/c1-8-20-22(10-3)31-18-33-24(12-5)26(14-7)35(39-33)28-16-15-27-25(13-6)34(40-36(27)28)19-32-23(11-4)21(9-2)30(38-32)17-29(20)37-31/h17-19,37,39H,8-16H2,1-7H3. The van der Waals surface area contributed by atoms with Crippen molar-refractivity contribution in [3.8, 4) is 0 Å². The highest BCUT2D eigenvalue weighted by molar-refractivity contribution is 5.98. The Kier molecular flexibility index (Phi) is 7.06. The molecule has 4 nitrogen and oxygen atoms in total. The summed E-state index contributed by atoms with van der Waals surface area (Å²) >= 11 is 0. The summed E-state index contributed by atoms with van der Waals surface area (Å²) in [5.41, 5.74) is 22.3. The Morgan fingerprint density at radius 3 is 1.65 bits per heavy atom. The van der Waals surface area contributed by atoms with Gasteiger partial charge >= 0.3 is 0 Å². The lowest BCUT2D eigenvalue weighted by atomic mass is 9.98. The monoisotopic (exact) mass is 532 g/mol. The number of hydrogen-bond donors (Lipinski definition) is 2. The molecule has 8 bridgehead atoms. The maximum Gasteiger partial charge on any atom is 0.0725 e. The first-order chi connectivity index (χ1) is 19.5. The molecule has 1 aliphatic carbocycles. The van der Waals surface area contributed by atoms with E-state index in [9.17, 15) is 0 Å². The molecule has 40 heavy (non-hydrogen) atoms. The van der Waals surface area contributed by atoms with Crippen LogP contribution in [-0.2, 0) is 32.1 Å². The zero-order valence-corrected chi connectivity index (χ0v) is 25.5. The number of nitrogens with zero attached hydrogens (tertiary/aromatic N) is 2. The molecule has 3 aliphatic rings. The summed E-state index contributed by atoms with van der Waals surface area (Å²) in [6.45, 7) is 16.0. The number of hydrogen-bond acceptors (Lipinski definition) is 2. The van der Waals surface area contributed by atoms with Crippen LogP contribution in [0.2, 0.25) is 0 Å². The molecule has 3 aromatic rings. The molecule has 0 radical (unpaired) electrons. The third-order valence-corrected chi connectivity index (χ3v) is 9.48. The third-order valence-electron chi connectivity index (χ3n) is 9.48. The molecule has 0 atom stereocenters. The summed E-state index contributed by atoms with van der Waals surface area (Å²) in [4.78, 5) is 18.5. The van der Waals surface area contributed by atoms with Gasteiger partial charge in [-0.05, 0) is 121 Å². The van der Waals surface area contributed by atoms with Crippen LogP contribution in [0.3, 0.4) is 0 Å². The molecular formula is C36H44N4. The quantitative estimate of drug-likeness (QED) is 0.318. The first kappa shape index (κ1) is 26.8. The van der Waals surface area contributed by atoms with Gasteiger partial charge in [-0.3, -0.25) is 0 Å². The molecule has 0 saturated heterocycles. The summed E-state index contributed by atoms with van der Waals surface area (Å²) in [5, 5.41) is 0. The molecule has 6 rings (SSSR count). The van der Waals surface area contributed by atoms with Crippen LogP contribution in [0.5, 0.6) is 0 Å². The van der Waals surface area contributed by atoms with Crippen molar-refractivity contribution in [1.82, 2.24) is 19.9 Å². The summed E-state index contributed by atoms with van der Waals surface area (Å²) in [6.07, 6.45) is 9.12. The van der Waals surface area contributed by atoms with E-state index in [1.807, 2.05) is 0 Å². The first-order valence-electron chi connectivity index (χ1n) is 15.8. The van der Waals surface area contributed by atoms with Crippen LogP contribution in [-0.4, -0.2) is 19.9 Å². The van der Waals surface area contributed by atoms with Gasteiger partial charge in [-0.25, -0.2) is 9.97 Å². The molecular weight excluding hydrogens is 488 g/mol. The normalized spacial score (nSPS) is 14.7. The molecule has 208 valence electrons. The Labute approximate surface area is 239 Å². The average Bonchev–Trinajstić information content (AvgIpc) is 3.74. The largest absolute Gasteiger partial charge is 0.355 e. The fourth-order valence-corrected chi connectivity index (χ4v) is 7.66. The van der Waals surface area contributed by atoms with Gasteiger partial charge in [0.15, 0.2) is 0 Å². The lowest BCUT2D eigenvalue weighted by Crippen LogP contribution is -1.90. The van der Waals surface area contributed by atoms with E-state index in [1.165, 1.54) is 77.9 Å². The molecule has 5 heterocycles. The van der Waals surface area contributed by atoms with Crippen molar-refractivity contribution in [3.63, 3.8) is 0 Å². The highest BCUT2D eigenvalue weighted by atomic mass is 14.8. The second kappa shape index (κ2) is 10.5. The topological polar surface area (TPSA) is 57.4 Å². The number of aromatic amines is 2. The minimum absolute atomic E-state index is 0.977. The molecule has 0 unspecified atom stereocenters. The Morgan fingerprint density at radius 1 is 0.525 bits per heavy atom. The molecule has 2 aliphatic heterocycles. The van der Waals surface area contributed by atoms with E-state index >= 15 is 0 Å². The molecule has 0 amide bonds. The van der Waals surface area contributed by atoms with E-state index in [2.05, 4.69) is 76.6 Å². The van der Waals surface area contributed by atoms with Gasteiger partial charge < -0.3 is 9.97 Å². The van der Waals surface area contributed by atoms with Gasteiger partial charge in [0.05, 0.1) is 22.8 Å². The van der Waals surface area contributed by atoms with E-state index in [4.69, 9.17) is 9.97 Å². The van der Waals surface area contributed by atoms with Crippen LogP contribution in [0.25, 0.3) is 44.4 Å². The Bertz CT molecular complexity index is 1740. The zero-order valence-electron chi connectivity index (χ0n) is 25.5. The van der Waals surface area contributed by atoms with Crippen LogP contribution in [0.4, 0.5) is 0 Å². The van der Waals surface area contributed by atoms with Gasteiger partial charge in [0.1, 0.15) is 0 Å². The number of rotatable bonds is 7. The van der Waals surface area contributed by atoms with Crippen LogP contribution < -0.4 is 0 Å². The van der Waals surface area contributed by atoms with Crippen molar-refractivity contribution in [2.24, 2.45) is 0 Å². The van der Waals surface area contributed by atoms with Gasteiger partial charge in [-0.2, -0.15) is 0 Å². The number of aromatic nitrogens is 4. The lowest BCUT2D eigenvalue weighted by Gasteiger charge is -2.04.